The van der Waals surface area contributed by atoms with Crippen LogP contribution in [0.3, 0.4) is 0 Å². The summed E-state index contributed by atoms with van der Waals surface area (Å²) in [6.07, 6.45) is 3.04. The van der Waals surface area contributed by atoms with E-state index in [0.29, 0.717) is 12.5 Å². The average molecular weight is 264 g/mol. The molecule has 104 valence electrons. The first-order valence-corrected chi connectivity index (χ1v) is 8.62. The minimum Gasteiger partial charge on any atom is -0.314 e. The van der Waals surface area contributed by atoms with Gasteiger partial charge in [0.1, 0.15) is 9.84 Å². The van der Waals surface area contributed by atoms with E-state index in [2.05, 4.69) is 31.0 Å². The molecule has 0 spiro atoms. The van der Waals surface area contributed by atoms with E-state index in [9.17, 15) is 8.42 Å². The van der Waals surface area contributed by atoms with Crippen molar-refractivity contribution in [3.8, 4) is 0 Å². The summed E-state index contributed by atoms with van der Waals surface area (Å²) in [5.41, 5.74) is 0. The van der Waals surface area contributed by atoms with Crippen LogP contribution in [-0.4, -0.2) is 57.5 Å². The summed E-state index contributed by atoms with van der Waals surface area (Å²) in [4.78, 5) is 2.37. The zero-order chi connectivity index (χ0) is 13.3. The van der Waals surface area contributed by atoms with Crippen LogP contribution in [0.2, 0.25) is 0 Å². The minimum absolute atomic E-state index is 0.281. The molecule has 4 nitrogen and oxygen atoms in total. The molecule has 0 aliphatic carbocycles. The van der Waals surface area contributed by atoms with Gasteiger partial charge in [-0.15, -0.1) is 0 Å². The van der Waals surface area contributed by atoms with Crippen molar-refractivity contribution in [3.05, 3.63) is 0 Å². The van der Waals surface area contributed by atoms with Crippen LogP contribution in [0, 0.1) is 0 Å². The highest BCUT2D eigenvalue weighted by Gasteiger charge is 2.12. The topological polar surface area (TPSA) is 49.4 Å². The summed E-state index contributed by atoms with van der Waals surface area (Å²) >= 11 is 0. The summed E-state index contributed by atoms with van der Waals surface area (Å²) in [7, 11) is -2.84. The van der Waals surface area contributed by atoms with Crippen molar-refractivity contribution in [2.45, 2.75) is 39.7 Å². The summed E-state index contributed by atoms with van der Waals surface area (Å²) < 4.78 is 22.3. The quantitative estimate of drug-likeness (QED) is 0.643. The Morgan fingerprint density at radius 3 is 2.12 bits per heavy atom. The molecule has 0 fully saturated rings. The van der Waals surface area contributed by atoms with Gasteiger partial charge in [0.25, 0.3) is 0 Å². The van der Waals surface area contributed by atoms with Gasteiger partial charge >= 0.3 is 0 Å². The van der Waals surface area contributed by atoms with E-state index < -0.39 is 9.84 Å². The Labute approximate surface area is 107 Å². The molecule has 0 bridgehead atoms. The lowest BCUT2D eigenvalue weighted by Crippen LogP contribution is -2.35. The molecule has 0 aromatic heterocycles. The molecule has 0 saturated heterocycles. The maximum atomic E-state index is 11.2. The van der Waals surface area contributed by atoms with Crippen molar-refractivity contribution in [3.63, 3.8) is 0 Å². The summed E-state index contributed by atoms with van der Waals surface area (Å²) in [6, 6.07) is 0.315. The molecule has 0 saturated carbocycles. The van der Waals surface area contributed by atoms with Gasteiger partial charge in [0, 0.05) is 12.3 Å². The van der Waals surface area contributed by atoms with E-state index in [0.717, 1.165) is 32.6 Å². The molecule has 0 aliphatic rings. The lowest BCUT2D eigenvalue weighted by atomic mass is 10.1. The predicted octanol–water partition coefficient (Wildman–Crippen LogP) is 1.13. The molecule has 1 unspecified atom stereocenters. The first-order valence-electron chi connectivity index (χ1n) is 6.56. The van der Waals surface area contributed by atoms with Crippen LogP contribution in [0.5, 0.6) is 0 Å². The van der Waals surface area contributed by atoms with Crippen LogP contribution in [-0.2, 0) is 9.84 Å². The van der Waals surface area contributed by atoms with E-state index in [1.54, 1.807) is 0 Å². The molecule has 0 radical (unpaired) electrons. The first-order chi connectivity index (χ1) is 7.92. The molecule has 0 aromatic carbocycles. The van der Waals surface area contributed by atoms with Gasteiger partial charge in [0.2, 0.25) is 0 Å². The van der Waals surface area contributed by atoms with Gasteiger partial charge in [0.05, 0.1) is 5.75 Å². The highest BCUT2D eigenvalue weighted by atomic mass is 32.2. The Kier molecular flexibility index (Phi) is 8.82. The summed E-state index contributed by atoms with van der Waals surface area (Å²) in [6.45, 7) is 10.4. The van der Waals surface area contributed by atoms with Crippen molar-refractivity contribution in [1.29, 1.82) is 0 Å². The maximum absolute atomic E-state index is 11.2. The standard InChI is InChI=1S/C12H28N2O2S/c1-5-13-12(9-11-17(4,15)16)8-10-14(6-2)7-3/h12-13H,5-11H2,1-4H3. The van der Waals surface area contributed by atoms with Gasteiger partial charge in [-0.05, 0) is 39.0 Å². The lowest BCUT2D eigenvalue weighted by Gasteiger charge is -2.23. The molecule has 0 aromatic rings. The van der Waals surface area contributed by atoms with Crippen LogP contribution in [0.4, 0.5) is 0 Å². The maximum Gasteiger partial charge on any atom is 0.147 e. The number of rotatable bonds is 10. The normalized spacial score (nSPS) is 14.2. The van der Waals surface area contributed by atoms with Crippen LogP contribution >= 0.6 is 0 Å². The molecule has 0 rings (SSSR count). The smallest absolute Gasteiger partial charge is 0.147 e. The van der Waals surface area contributed by atoms with E-state index in [1.165, 1.54) is 6.26 Å². The van der Waals surface area contributed by atoms with Crippen LogP contribution < -0.4 is 5.32 Å². The Morgan fingerprint density at radius 2 is 1.71 bits per heavy atom. The molecule has 0 amide bonds. The number of sulfone groups is 1. The zero-order valence-electron chi connectivity index (χ0n) is 11.7. The fourth-order valence-corrected chi connectivity index (χ4v) is 2.58. The van der Waals surface area contributed by atoms with Crippen LogP contribution in [0.1, 0.15) is 33.6 Å². The Hall–Kier alpha value is -0.130. The van der Waals surface area contributed by atoms with Crippen molar-refractivity contribution >= 4 is 9.84 Å². The molecule has 0 heterocycles. The zero-order valence-corrected chi connectivity index (χ0v) is 12.5. The van der Waals surface area contributed by atoms with E-state index in [1.807, 2.05) is 0 Å². The minimum atomic E-state index is -2.84. The number of hydrogen-bond donors (Lipinski definition) is 1. The SMILES string of the molecule is CCNC(CCN(CC)CC)CCS(C)(=O)=O. The molecule has 1 atom stereocenters. The summed E-state index contributed by atoms with van der Waals surface area (Å²) in [5.74, 6) is 0.281. The lowest BCUT2D eigenvalue weighted by molar-refractivity contribution is 0.280. The first kappa shape index (κ1) is 16.9. The highest BCUT2D eigenvalue weighted by molar-refractivity contribution is 7.90. The molecular weight excluding hydrogens is 236 g/mol. The third kappa shape index (κ3) is 9.56. The van der Waals surface area contributed by atoms with E-state index in [-0.39, 0.29) is 5.75 Å². The average Bonchev–Trinajstić information content (AvgIpc) is 2.26. The Balaban J connectivity index is 4.05. The van der Waals surface area contributed by atoms with Crippen molar-refractivity contribution in [2.75, 3.05) is 38.2 Å². The molecule has 5 heteroatoms. The molecular formula is C12H28N2O2S. The largest absolute Gasteiger partial charge is 0.314 e. The van der Waals surface area contributed by atoms with Gasteiger partial charge in [-0.25, -0.2) is 8.42 Å². The third-order valence-electron chi connectivity index (χ3n) is 3.02. The van der Waals surface area contributed by atoms with E-state index in [4.69, 9.17) is 0 Å². The molecule has 1 N–H and O–H groups in total. The van der Waals surface area contributed by atoms with Crippen LogP contribution in [0.15, 0.2) is 0 Å². The third-order valence-corrected chi connectivity index (χ3v) is 4.00. The predicted molar refractivity (Wildman–Crippen MR) is 74.2 cm³/mol. The van der Waals surface area contributed by atoms with Crippen LogP contribution in [0.25, 0.3) is 0 Å². The van der Waals surface area contributed by atoms with Gasteiger partial charge in [-0.1, -0.05) is 20.8 Å². The second-order valence-electron chi connectivity index (χ2n) is 4.49. The second-order valence-corrected chi connectivity index (χ2v) is 6.75. The fourth-order valence-electron chi connectivity index (χ4n) is 1.87. The number of nitrogens with zero attached hydrogens (tertiary/aromatic N) is 1. The van der Waals surface area contributed by atoms with Gasteiger partial charge < -0.3 is 10.2 Å². The number of nitrogens with one attached hydrogen (secondary N) is 1. The van der Waals surface area contributed by atoms with Crippen molar-refractivity contribution < 1.29 is 8.42 Å². The van der Waals surface area contributed by atoms with Gasteiger partial charge in [0.15, 0.2) is 0 Å². The molecule has 17 heavy (non-hydrogen) atoms. The Bertz CT molecular complexity index is 274. The number of hydrogen-bond acceptors (Lipinski definition) is 4. The van der Waals surface area contributed by atoms with Gasteiger partial charge in [-0.3, -0.25) is 0 Å². The van der Waals surface area contributed by atoms with Gasteiger partial charge in [-0.2, -0.15) is 0 Å². The van der Waals surface area contributed by atoms with Crippen molar-refractivity contribution in [1.82, 2.24) is 10.2 Å². The molecule has 0 aliphatic heterocycles. The summed E-state index contributed by atoms with van der Waals surface area (Å²) in [5, 5.41) is 3.37. The van der Waals surface area contributed by atoms with E-state index >= 15 is 0 Å². The monoisotopic (exact) mass is 264 g/mol. The Morgan fingerprint density at radius 1 is 1.12 bits per heavy atom. The highest BCUT2D eigenvalue weighted by Crippen LogP contribution is 2.03. The fraction of sp³-hybridized carbons (Fsp3) is 1.00. The second kappa shape index (κ2) is 8.89. The van der Waals surface area contributed by atoms with Crippen molar-refractivity contribution in [2.24, 2.45) is 0 Å².